The Kier molecular flexibility index (Phi) is 7.11. The van der Waals surface area contributed by atoms with Crippen molar-refractivity contribution in [2.45, 2.75) is 19.3 Å². The smallest absolute Gasteiger partial charge is 0.228 e. The summed E-state index contributed by atoms with van der Waals surface area (Å²) in [6.07, 6.45) is 2.50. The van der Waals surface area contributed by atoms with E-state index in [1.54, 1.807) is 17.0 Å². The number of halogens is 2. The first kappa shape index (κ1) is 20.0. The highest BCUT2D eigenvalue weighted by atomic mass is 35.5. The molecule has 5 nitrogen and oxygen atoms in total. The van der Waals surface area contributed by atoms with Gasteiger partial charge in [-0.05, 0) is 56.6 Å². The standard InChI is InChI=1S/C18H24ClN3O2.ClH/c1-20-10-13-3-2-8-21(11-13)18(24)14-9-17(23)22(12-14)16-6-4-15(19)5-7-16;/h4-7,13-14,20H,2-3,8-12H2,1H3;1H. The van der Waals surface area contributed by atoms with Crippen LogP contribution in [0.15, 0.2) is 24.3 Å². The first-order chi connectivity index (χ1) is 11.6. The fourth-order valence-electron chi connectivity index (χ4n) is 3.72. The molecule has 2 aliphatic rings. The maximum Gasteiger partial charge on any atom is 0.228 e. The van der Waals surface area contributed by atoms with E-state index >= 15 is 0 Å². The van der Waals surface area contributed by atoms with Crippen molar-refractivity contribution in [3.63, 3.8) is 0 Å². The third-order valence-electron chi connectivity index (χ3n) is 4.94. The van der Waals surface area contributed by atoms with E-state index in [9.17, 15) is 9.59 Å². The summed E-state index contributed by atoms with van der Waals surface area (Å²) < 4.78 is 0. The van der Waals surface area contributed by atoms with Gasteiger partial charge in [0.2, 0.25) is 11.8 Å². The molecular formula is C18H25Cl2N3O2. The molecule has 0 saturated carbocycles. The Morgan fingerprint density at radius 3 is 2.68 bits per heavy atom. The number of piperidine rings is 1. The molecule has 0 aromatic heterocycles. The third kappa shape index (κ3) is 4.66. The van der Waals surface area contributed by atoms with E-state index in [-0.39, 0.29) is 30.1 Å². The van der Waals surface area contributed by atoms with Crippen LogP contribution in [-0.2, 0) is 9.59 Å². The molecule has 2 saturated heterocycles. The van der Waals surface area contributed by atoms with Gasteiger partial charge in [-0.3, -0.25) is 9.59 Å². The van der Waals surface area contributed by atoms with Gasteiger partial charge in [-0.2, -0.15) is 0 Å². The van der Waals surface area contributed by atoms with Crippen LogP contribution in [0, 0.1) is 11.8 Å². The summed E-state index contributed by atoms with van der Waals surface area (Å²) in [6, 6.07) is 7.20. The van der Waals surface area contributed by atoms with Gasteiger partial charge < -0.3 is 15.1 Å². The molecule has 0 aliphatic carbocycles. The molecule has 0 radical (unpaired) electrons. The van der Waals surface area contributed by atoms with Gasteiger partial charge in [0.15, 0.2) is 0 Å². The van der Waals surface area contributed by atoms with Crippen molar-refractivity contribution >= 4 is 41.5 Å². The molecule has 2 heterocycles. The van der Waals surface area contributed by atoms with E-state index in [2.05, 4.69) is 5.32 Å². The van der Waals surface area contributed by atoms with Crippen LogP contribution in [0.4, 0.5) is 5.69 Å². The molecule has 1 aromatic carbocycles. The lowest BCUT2D eigenvalue weighted by molar-refractivity contribution is -0.137. The average molecular weight is 386 g/mol. The zero-order valence-electron chi connectivity index (χ0n) is 14.4. The van der Waals surface area contributed by atoms with Crippen LogP contribution < -0.4 is 10.2 Å². The number of likely N-dealkylation sites (tertiary alicyclic amines) is 1. The van der Waals surface area contributed by atoms with Crippen molar-refractivity contribution in [1.29, 1.82) is 0 Å². The Morgan fingerprint density at radius 1 is 1.28 bits per heavy atom. The van der Waals surface area contributed by atoms with Gasteiger partial charge in [-0.25, -0.2) is 0 Å². The van der Waals surface area contributed by atoms with Gasteiger partial charge in [0.1, 0.15) is 0 Å². The monoisotopic (exact) mass is 385 g/mol. The molecule has 2 unspecified atom stereocenters. The van der Waals surface area contributed by atoms with Crippen molar-refractivity contribution < 1.29 is 9.59 Å². The maximum atomic E-state index is 12.8. The van der Waals surface area contributed by atoms with E-state index in [1.807, 2.05) is 24.1 Å². The third-order valence-corrected chi connectivity index (χ3v) is 5.19. The first-order valence-corrected chi connectivity index (χ1v) is 8.95. The van der Waals surface area contributed by atoms with Crippen LogP contribution in [0.25, 0.3) is 0 Å². The highest BCUT2D eigenvalue weighted by molar-refractivity contribution is 6.30. The van der Waals surface area contributed by atoms with Gasteiger partial charge in [-0.1, -0.05) is 11.6 Å². The fourth-order valence-corrected chi connectivity index (χ4v) is 3.85. The highest BCUT2D eigenvalue weighted by Crippen LogP contribution is 2.28. The van der Waals surface area contributed by atoms with Crippen LogP contribution in [0.2, 0.25) is 5.02 Å². The molecular weight excluding hydrogens is 361 g/mol. The normalized spacial score (nSPS) is 23.5. The van der Waals surface area contributed by atoms with Gasteiger partial charge in [0.05, 0.1) is 5.92 Å². The Labute approximate surface area is 160 Å². The number of rotatable bonds is 4. The molecule has 138 valence electrons. The molecule has 2 aliphatic heterocycles. The van der Waals surface area contributed by atoms with Gasteiger partial charge >= 0.3 is 0 Å². The van der Waals surface area contributed by atoms with Crippen molar-refractivity contribution in [2.24, 2.45) is 11.8 Å². The number of carbonyl (C=O) groups is 2. The Balaban J connectivity index is 0.00000225. The van der Waals surface area contributed by atoms with Crippen molar-refractivity contribution in [3.8, 4) is 0 Å². The van der Waals surface area contributed by atoms with E-state index < -0.39 is 0 Å². The summed E-state index contributed by atoms with van der Waals surface area (Å²) in [5, 5.41) is 3.84. The predicted molar refractivity (Wildman–Crippen MR) is 102 cm³/mol. The minimum atomic E-state index is -0.235. The van der Waals surface area contributed by atoms with Crippen LogP contribution in [0.1, 0.15) is 19.3 Å². The number of benzene rings is 1. The Bertz CT molecular complexity index is 607. The number of amides is 2. The molecule has 2 fully saturated rings. The summed E-state index contributed by atoms with van der Waals surface area (Å²) in [5.41, 5.74) is 0.811. The molecule has 25 heavy (non-hydrogen) atoms. The largest absolute Gasteiger partial charge is 0.342 e. The average Bonchev–Trinajstić information content (AvgIpc) is 2.97. The second-order valence-corrected chi connectivity index (χ2v) is 7.17. The number of carbonyl (C=O) groups excluding carboxylic acids is 2. The predicted octanol–water partition coefficient (Wildman–Crippen LogP) is 2.57. The Hall–Kier alpha value is -1.30. The van der Waals surface area contributed by atoms with E-state index in [1.165, 1.54) is 0 Å². The fraction of sp³-hybridized carbons (Fsp3) is 0.556. The summed E-state index contributed by atoms with van der Waals surface area (Å²) >= 11 is 5.91. The molecule has 1 aromatic rings. The molecule has 3 rings (SSSR count). The number of hydrogen-bond donors (Lipinski definition) is 1. The SMILES string of the molecule is CNCC1CCCN(C(=O)C2CC(=O)N(c3ccc(Cl)cc3)C2)C1.Cl. The minimum Gasteiger partial charge on any atom is -0.342 e. The second kappa shape index (κ2) is 8.88. The van der Waals surface area contributed by atoms with E-state index in [0.717, 1.165) is 38.2 Å². The lowest BCUT2D eigenvalue weighted by Gasteiger charge is -2.34. The molecule has 0 bridgehead atoms. The highest BCUT2D eigenvalue weighted by Gasteiger charge is 2.38. The van der Waals surface area contributed by atoms with Crippen LogP contribution >= 0.6 is 24.0 Å². The van der Waals surface area contributed by atoms with Gasteiger partial charge in [0.25, 0.3) is 0 Å². The topological polar surface area (TPSA) is 52.7 Å². The van der Waals surface area contributed by atoms with Crippen LogP contribution in [0.5, 0.6) is 0 Å². The number of nitrogens with zero attached hydrogens (tertiary/aromatic N) is 2. The number of hydrogen-bond acceptors (Lipinski definition) is 3. The van der Waals surface area contributed by atoms with Crippen molar-refractivity contribution in [2.75, 3.05) is 38.1 Å². The van der Waals surface area contributed by atoms with Gasteiger partial charge in [0, 0.05) is 36.8 Å². The summed E-state index contributed by atoms with van der Waals surface area (Å²) in [4.78, 5) is 28.8. The first-order valence-electron chi connectivity index (χ1n) is 8.58. The number of nitrogens with one attached hydrogen (secondary N) is 1. The van der Waals surface area contributed by atoms with Gasteiger partial charge in [-0.15, -0.1) is 12.4 Å². The zero-order valence-corrected chi connectivity index (χ0v) is 16.0. The maximum absolute atomic E-state index is 12.8. The Morgan fingerprint density at radius 2 is 2.00 bits per heavy atom. The molecule has 7 heteroatoms. The quantitative estimate of drug-likeness (QED) is 0.866. The van der Waals surface area contributed by atoms with Crippen molar-refractivity contribution in [3.05, 3.63) is 29.3 Å². The van der Waals surface area contributed by atoms with Crippen LogP contribution in [0.3, 0.4) is 0 Å². The molecule has 2 amide bonds. The molecule has 0 spiro atoms. The van der Waals surface area contributed by atoms with Crippen molar-refractivity contribution in [1.82, 2.24) is 10.2 Å². The summed E-state index contributed by atoms with van der Waals surface area (Å²) in [6.45, 7) is 3.01. The molecule has 2 atom stereocenters. The summed E-state index contributed by atoms with van der Waals surface area (Å²) in [5.74, 6) is 0.416. The van der Waals surface area contributed by atoms with Crippen LogP contribution in [-0.4, -0.2) is 49.9 Å². The zero-order chi connectivity index (χ0) is 17.1. The number of anilines is 1. The lowest BCUT2D eigenvalue weighted by Crippen LogP contribution is -2.45. The van der Waals surface area contributed by atoms with E-state index in [4.69, 9.17) is 11.6 Å². The van der Waals surface area contributed by atoms with E-state index in [0.29, 0.717) is 23.9 Å². The minimum absolute atomic E-state index is 0. The molecule has 1 N–H and O–H groups in total. The summed E-state index contributed by atoms with van der Waals surface area (Å²) in [7, 11) is 1.94. The second-order valence-electron chi connectivity index (χ2n) is 6.73. The lowest BCUT2D eigenvalue weighted by atomic mass is 9.96.